The van der Waals surface area contributed by atoms with Gasteiger partial charge in [-0.3, -0.25) is 4.79 Å². The lowest BCUT2D eigenvalue weighted by Gasteiger charge is -2.37. The van der Waals surface area contributed by atoms with Gasteiger partial charge in [0, 0.05) is 5.92 Å². The van der Waals surface area contributed by atoms with Crippen LogP contribution in [0.5, 0.6) is 0 Å². The number of benzene rings is 1. The fraction of sp³-hybridized carbons (Fsp3) is 0.667. The molecule has 1 amide bonds. The summed E-state index contributed by atoms with van der Waals surface area (Å²) in [5.41, 5.74) is 2.16. The van der Waals surface area contributed by atoms with Gasteiger partial charge in [-0.2, -0.15) is 0 Å². The largest absolute Gasteiger partial charge is 0.348 e. The van der Waals surface area contributed by atoms with Gasteiger partial charge in [-0.1, -0.05) is 56.0 Å². The van der Waals surface area contributed by atoms with Gasteiger partial charge in [-0.25, -0.2) is 0 Å². The first-order valence-electron chi connectivity index (χ1n) is 9.56. The minimum absolute atomic E-state index is 0.0406. The summed E-state index contributed by atoms with van der Waals surface area (Å²) in [6.07, 6.45) is 7.79. The summed E-state index contributed by atoms with van der Waals surface area (Å²) in [6.45, 7) is 6.59. The third kappa shape index (κ3) is 3.85. The highest BCUT2D eigenvalue weighted by molar-refractivity contribution is 6.42. The number of aryl methyl sites for hydroxylation is 1. The van der Waals surface area contributed by atoms with Crippen LogP contribution in [0.1, 0.15) is 76.0 Å². The number of nitrogens with one attached hydrogen (secondary N) is 1. The fourth-order valence-electron chi connectivity index (χ4n) is 4.79. The third-order valence-corrected chi connectivity index (χ3v) is 7.25. The molecular weight excluding hydrogens is 353 g/mol. The Morgan fingerprint density at radius 3 is 2.52 bits per heavy atom. The lowest BCUT2D eigenvalue weighted by atomic mass is 9.76. The van der Waals surface area contributed by atoms with E-state index in [1.165, 1.54) is 12.8 Å². The van der Waals surface area contributed by atoms with Crippen LogP contribution in [0.25, 0.3) is 0 Å². The number of carbonyl (C=O) groups excluding carboxylic acids is 1. The zero-order valence-corrected chi connectivity index (χ0v) is 17.0. The first-order valence-corrected chi connectivity index (χ1v) is 10.3. The summed E-state index contributed by atoms with van der Waals surface area (Å²) < 4.78 is 0. The highest BCUT2D eigenvalue weighted by atomic mass is 35.5. The van der Waals surface area contributed by atoms with E-state index >= 15 is 0 Å². The van der Waals surface area contributed by atoms with Gasteiger partial charge in [-0.05, 0) is 67.6 Å². The van der Waals surface area contributed by atoms with Gasteiger partial charge in [0.05, 0.1) is 16.1 Å². The smallest absolute Gasteiger partial charge is 0.223 e. The average Bonchev–Trinajstić information content (AvgIpc) is 3.19. The van der Waals surface area contributed by atoms with Crippen molar-refractivity contribution in [3.8, 4) is 0 Å². The van der Waals surface area contributed by atoms with Gasteiger partial charge in [0.25, 0.3) is 0 Å². The van der Waals surface area contributed by atoms with Gasteiger partial charge >= 0.3 is 0 Å². The summed E-state index contributed by atoms with van der Waals surface area (Å²) >= 11 is 12.9. The number of amides is 1. The van der Waals surface area contributed by atoms with Crippen LogP contribution in [0.3, 0.4) is 0 Å². The van der Waals surface area contributed by atoms with Crippen molar-refractivity contribution in [3.05, 3.63) is 33.3 Å². The lowest BCUT2D eigenvalue weighted by molar-refractivity contribution is -0.126. The van der Waals surface area contributed by atoms with Crippen molar-refractivity contribution in [1.82, 2.24) is 5.32 Å². The second-order valence-electron chi connectivity index (χ2n) is 8.51. The molecule has 1 N–H and O–H groups in total. The van der Waals surface area contributed by atoms with Crippen molar-refractivity contribution in [2.75, 3.05) is 0 Å². The Bertz CT molecular complexity index is 652. The summed E-state index contributed by atoms with van der Waals surface area (Å²) in [5.74, 6) is 0.978. The molecule has 25 heavy (non-hydrogen) atoms. The van der Waals surface area contributed by atoms with Crippen molar-refractivity contribution in [2.45, 2.75) is 71.8 Å². The van der Waals surface area contributed by atoms with E-state index in [2.05, 4.69) is 26.1 Å². The Balaban J connectivity index is 1.94. The van der Waals surface area contributed by atoms with E-state index in [9.17, 15) is 4.79 Å². The predicted molar refractivity (Wildman–Crippen MR) is 105 cm³/mol. The van der Waals surface area contributed by atoms with Gasteiger partial charge in [0.1, 0.15) is 0 Å². The molecule has 0 radical (unpaired) electrons. The molecule has 2 nitrogen and oxygen atoms in total. The molecule has 2 saturated carbocycles. The van der Waals surface area contributed by atoms with Crippen LogP contribution in [0.2, 0.25) is 10.0 Å². The summed E-state index contributed by atoms with van der Waals surface area (Å²) in [5, 5.41) is 4.57. The average molecular weight is 382 g/mol. The number of rotatable bonds is 4. The Hall–Kier alpha value is -0.730. The van der Waals surface area contributed by atoms with E-state index < -0.39 is 0 Å². The van der Waals surface area contributed by atoms with Crippen molar-refractivity contribution in [2.24, 2.45) is 17.3 Å². The number of hydrogen-bond acceptors (Lipinski definition) is 1. The van der Waals surface area contributed by atoms with E-state index in [4.69, 9.17) is 23.2 Å². The van der Waals surface area contributed by atoms with Crippen LogP contribution in [0, 0.1) is 24.2 Å². The van der Waals surface area contributed by atoms with Crippen molar-refractivity contribution in [1.29, 1.82) is 0 Å². The Labute approximate surface area is 161 Å². The SMILES string of the molecule is Cc1ccc(Cl)c(Cl)c1[C@@H](NC(=O)[C@H]1CC[C@H](C)C1)C1(C)CCCC1. The van der Waals surface area contributed by atoms with Gasteiger partial charge in [0.2, 0.25) is 5.91 Å². The van der Waals surface area contributed by atoms with E-state index in [1.54, 1.807) is 0 Å². The number of hydrogen-bond donors (Lipinski definition) is 1. The normalized spacial score (nSPS) is 26.6. The molecule has 0 spiro atoms. The van der Waals surface area contributed by atoms with Crippen LogP contribution >= 0.6 is 23.2 Å². The molecule has 0 saturated heterocycles. The molecule has 0 aromatic heterocycles. The molecule has 1 aromatic carbocycles. The Kier molecular flexibility index (Phi) is 5.70. The Morgan fingerprint density at radius 2 is 1.92 bits per heavy atom. The molecule has 2 aliphatic carbocycles. The molecule has 2 fully saturated rings. The monoisotopic (exact) mass is 381 g/mol. The number of halogens is 2. The molecule has 0 aliphatic heterocycles. The first kappa shape index (κ1) is 19.0. The number of carbonyl (C=O) groups is 1. The van der Waals surface area contributed by atoms with Gasteiger partial charge in [0.15, 0.2) is 0 Å². The molecule has 3 rings (SSSR count). The predicted octanol–water partition coefficient (Wildman–Crippen LogP) is 6.48. The molecule has 2 aliphatic rings. The van der Waals surface area contributed by atoms with Crippen LogP contribution in [0.4, 0.5) is 0 Å². The molecule has 1 aromatic rings. The Morgan fingerprint density at radius 1 is 1.24 bits per heavy atom. The topological polar surface area (TPSA) is 29.1 Å². The van der Waals surface area contributed by atoms with Crippen LogP contribution < -0.4 is 5.32 Å². The van der Waals surface area contributed by atoms with Crippen molar-refractivity contribution < 1.29 is 4.79 Å². The highest BCUT2D eigenvalue weighted by Crippen LogP contribution is 2.50. The van der Waals surface area contributed by atoms with Crippen LogP contribution in [-0.4, -0.2) is 5.91 Å². The van der Waals surface area contributed by atoms with Gasteiger partial charge < -0.3 is 5.32 Å². The van der Waals surface area contributed by atoms with Crippen LogP contribution in [0.15, 0.2) is 12.1 Å². The fourth-order valence-corrected chi connectivity index (χ4v) is 5.27. The van der Waals surface area contributed by atoms with Crippen LogP contribution in [-0.2, 0) is 4.79 Å². The minimum atomic E-state index is -0.0652. The lowest BCUT2D eigenvalue weighted by Crippen LogP contribution is -2.41. The van der Waals surface area contributed by atoms with Gasteiger partial charge in [-0.15, -0.1) is 0 Å². The van der Waals surface area contributed by atoms with Crippen molar-refractivity contribution >= 4 is 29.1 Å². The quantitative estimate of drug-likeness (QED) is 0.635. The second kappa shape index (κ2) is 7.48. The maximum absolute atomic E-state index is 13.0. The summed E-state index contributed by atoms with van der Waals surface area (Å²) in [4.78, 5) is 13.0. The van der Waals surface area contributed by atoms with E-state index in [0.29, 0.717) is 16.0 Å². The van der Waals surface area contributed by atoms with Crippen molar-refractivity contribution in [3.63, 3.8) is 0 Å². The first-order chi connectivity index (χ1) is 11.8. The zero-order valence-electron chi connectivity index (χ0n) is 15.5. The molecule has 3 atom stereocenters. The highest BCUT2D eigenvalue weighted by Gasteiger charge is 2.41. The molecule has 0 bridgehead atoms. The van der Waals surface area contributed by atoms with E-state index in [-0.39, 0.29) is 23.3 Å². The molecule has 0 heterocycles. The third-order valence-electron chi connectivity index (χ3n) is 6.43. The maximum Gasteiger partial charge on any atom is 0.223 e. The summed E-state index contributed by atoms with van der Waals surface area (Å²) in [7, 11) is 0. The standard InChI is InChI=1S/C21H29Cl2NO/c1-13-6-8-15(12-13)20(25)24-19(21(3)10-4-5-11-21)17-14(2)7-9-16(22)18(17)23/h7,9,13,15,19H,4-6,8,10-12H2,1-3H3,(H,24,25)/t13-,15-,19+/m0/s1. The molecule has 4 heteroatoms. The van der Waals surface area contributed by atoms with E-state index in [1.807, 2.05) is 12.1 Å². The zero-order chi connectivity index (χ0) is 18.2. The molecule has 138 valence electrons. The molecular formula is C21H29Cl2NO. The summed E-state index contributed by atoms with van der Waals surface area (Å²) in [6, 6.07) is 3.79. The molecule has 0 unspecified atom stereocenters. The maximum atomic E-state index is 13.0. The minimum Gasteiger partial charge on any atom is -0.348 e. The second-order valence-corrected chi connectivity index (χ2v) is 9.29. The van der Waals surface area contributed by atoms with E-state index in [0.717, 1.165) is 43.2 Å².